The summed E-state index contributed by atoms with van der Waals surface area (Å²) in [4.78, 5) is 0. The standard InChI is InChI=1S/C14H17NO/c1-10-7-12-5-6-13(16-2)8-14(12)15(10)9-11-3-4-11/h5-8,11H,3-4,9H2,1-2H3. The molecule has 84 valence electrons. The van der Waals surface area contributed by atoms with Crippen molar-refractivity contribution in [3.63, 3.8) is 0 Å². The fourth-order valence-electron chi connectivity index (χ4n) is 2.30. The minimum atomic E-state index is 0.903. The number of aryl methyl sites for hydroxylation is 1. The Balaban J connectivity index is 2.11. The van der Waals surface area contributed by atoms with Gasteiger partial charge < -0.3 is 9.30 Å². The second kappa shape index (κ2) is 3.55. The molecule has 1 aliphatic carbocycles. The van der Waals surface area contributed by atoms with Gasteiger partial charge in [0, 0.05) is 23.7 Å². The molecule has 1 fully saturated rings. The molecule has 3 rings (SSSR count). The van der Waals surface area contributed by atoms with Gasteiger partial charge in [0.1, 0.15) is 5.75 Å². The molecule has 2 nitrogen and oxygen atoms in total. The van der Waals surface area contributed by atoms with Crippen LogP contribution in [0, 0.1) is 12.8 Å². The second-order valence-electron chi connectivity index (χ2n) is 4.76. The largest absolute Gasteiger partial charge is 0.497 e. The van der Waals surface area contributed by atoms with Crippen LogP contribution in [0.3, 0.4) is 0 Å². The molecule has 0 bridgehead atoms. The highest BCUT2D eigenvalue weighted by Gasteiger charge is 2.23. The molecule has 0 aliphatic heterocycles. The van der Waals surface area contributed by atoms with Crippen molar-refractivity contribution in [2.75, 3.05) is 7.11 Å². The van der Waals surface area contributed by atoms with Crippen molar-refractivity contribution in [1.82, 2.24) is 4.57 Å². The molecule has 1 saturated carbocycles. The minimum absolute atomic E-state index is 0.903. The Hall–Kier alpha value is -1.44. The maximum Gasteiger partial charge on any atom is 0.120 e. The number of hydrogen-bond donors (Lipinski definition) is 0. The number of methoxy groups -OCH3 is 1. The van der Waals surface area contributed by atoms with Gasteiger partial charge in [-0.25, -0.2) is 0 Å². The van der Waals surface area contributed by atoms with E-state index in [-0.39, 0.29) is 0 Å². The van der Waals surface area contributed by atoms with E-state index >= 15 is 0 Å². The molecule has 1 aromatic carbocycles. The van der Waals surface area contributed by atoms with Crippen molar-refractivity contribution >= 4 is 10.9 Å². The quantitative estimate of drug-likeness (QED) is 0.765. The Morgan fingerprint density at radius 1 is 1.31 bits per heavy atom. The molecule has 0 amide bonds. The number of nitrogens with zero attached hydrogens (tertiary/aromatic N) is 1. The predicted molar refractivity (Wildman–Crippen MR) is 66.0 cm³/mol. The first-order valence-corrected chi connectivity index (χ1v) is 5.92. The molecule has 0 atom stereocenters. The van der Waals surface area contributed by atoms with E-state index in [0.717, 1.165) is 11.7 Å². The zero-order chi connectivity index (χ0) is 11.1. The zero-order valence-electron chi connectivity index (χ0n) is 9.86. The van der Waals surface area contributed by atoms with Gasteiger partial charge in [-0.3, -0.25) is 0 Å². The maximum atomic E-state index is 5.29. The van der Waals surface area contributed by atoms with E-state index < -0.39 is 0 Å². The first-order valence-electron chi connectivity index (χ1n) is 5.92. The van der Waals surface area contributed by atoms with Gasteiger partial charge in [0.25, 0.3) is 0 Å². The molecule has 0 saturated heterocycles. The van der Waals surface area contributed by atoms with Crippen LogP contribution in [0.5, 0.6) is 5.75 Å². The highest BCUT2D eigenvalue weighted by atomic mass is 16.5. The van der Waals surface area contributed by atoms with Crippen LogP contribution in [0.2, 0.25) is 0 Å². The Kier molecular flexibility index (Phi) is 2.16. The van der Waals surface area contributed by atoms with E-state index in [4.69, 9.17) is 4.74 Å². The summed E-state index contributed by atoms with van der Waals surface area (Å²) in [5, 5.41) is 1.32. The minimum Gasteiger partial charge on any atom is -0.497 e. The summed E-state index contributed by atoms with van der Waals surface area (Å²) < 4.78 is 7.72. The number of aromatic nitrogens is 1. The van der Waals surface area contributed by atoms with Crippen molar-refractivity contribution in [1.29, 1.82) is 0 Å². The highest BCUT2D eigenvalue weighted by molar-refractivity contribution is 5.82. The molecular formula is C14H17NO. The van der Waals surface area contributed by atoms with E-state index in [2.05, 4.69) is 29.7 Å². The average molecular weight is 215 g/mol. The summed E-state index contributed by atoms with van der Waals surface area (Å²) in [6, 6.07) is 8.58. The van der Waals surface area contributed by atoms with Crippen molar-refractivity contribution in [2.45, 2.75) is 26.3 Å². The van der Waals surface area contributed by atoms with Gasteiger partial charge in [-0.1, -0.05) is 0 Å². The highest BCUT2D eigenvalue weighted by Crippen LogP contribution is 2.33. The van der Waals surface area contributed by atoms with E-state index in [1.165, 1.54) is 36.0 Å². The lowest BCUT2D eigenvalue weighted by atomic mass is 10.2. The van der Waals surface area contributed by atoms with Crippen molar-refractivity contribution in [3.8, 4) is 5.75 Å². The third kappa shape index (κ3) is 1.58. The predicted octanol–water partition coefficient (Wildman–Crippen LogP) is 3.37. The average Bonchev–Trinajstić information content (AvgIpc) is 3.05. The van der Waals surface area contributed by atoms with Gasteiger partial charge in [0.05, 0.1) is 12.6 Å². The molecule has 1 heterocycles. The number of rotatable bonds is 3. The summed E-state index contributed by atoms with van der Waals surface area (Å²) in [6.45, 7) is 3.36. The maximum absolute atomic E-state index is 5.29. The summed E-state index contributed by atoms with van der Waals surface area (Å²) in [6.07, 6.45) is 2.78. The van der Waals surface area contributed by atoms with Crippen LogP contribution in [0.4, 0.5) is 0 Å². The third-order valence-electron chi connectivity index (χ3n) is 3.46. The summed E-state index contributed by atoms with van der Waals surface area (Å²) in [7, 11) is 1.72. The topological polar surface area (TPSA) is 14.2 Å². The van der Waals surface area contributed by atoms with Crippen molar-refractivity contribution < 1.29 is 4.74 Å². The fourth-order valence-corrected chi connectivity index (χ4v) is 2.30. The lowest BCUT2D eigenvalue weighted by Crippen LogP contribution is -2.01. The second-order valence-corrected chi connectivity index (χ2v) is 4.76. The van der Waals surface area contributed by atoms with Crippen LogP contribution >= 0.6 is 0 Å². The van der Waals surface area contributed by atoms with E-state index in [1.807, 2.05) is 6.07 Å². The van der Waals surface area contributed by atoms with Crippen LogP contribution in [-0.4, -0.2) is 11.7 Å². The SMILES string of the molecule is COc1ccc2cc(C)n(CC3CC3)c2c1. The van der Waals surface area contributed by atoms with Crippen LogP contribution in [0.25, 0.3) is 10.9 Å². The zero-order valence-corrected chi connectivity index (χ0v) is 9.86. The van der Waals surface area contributed by atoms with Crippen LogP contribution in [0.15, 0.2) is 24.3 Å². The molecular weight excluding hydrogens is 198 g/mol. The normalized spacial score (nSPS) is 15.6. The van der Waals surface area contributed by atoms with Crippen molar-refractivity contribution in [2.24, 2.45) is 5.92 Å². The smallest absolute Gasteiger partial charge is 0.120 e. The Labute approximate surface area is 95.8 Å². The van der Waals surface area contributed by atoms with Crippen LogP contribution in [-0.2, 0) is 6.54 Å². The molecule has 0 N–H and O–H groups in total. The summed E-state index contributed by atoms with van der Waals surface area (Å²) >= 11 is 0. The lowest BCUT2D eigenvalue weighted by Gasteiger charge is -2.07. The molecule has 0 unspecified atom stereocenters. The molecule has 0 spiro atoms. The van der Waals surface area contributed by atoms with E-state index in [0.29, 0.717) is 0 Å². The number of hydrogen-bond acceptors (Lipinski definition) is 1. The van der Waals surface area contributed by atoms with Gasteiger partial charge >= 0.3 is 0 Å². The molecule has 2 heteroatoms. The van der Waals surface area contributed by atoms with Gasteiger partial charge in [-0.2, -0.15) is 0 Å². The Morgan fingerprint density at radius 2 is 2.12 bits per heavy atom. The molecule has 1 aliphatic rings. The number of benzene rings is 1. The van der Waals surface area contributed by atoms with Gasteiger partial charge in [-0.15, -0.1) is 0 Å². The van der Waals surface area contributed by atoms with Crippen LogP contribution in [0.1, 0.15) is 18.5 Å². The van der Waals surface area contributed by atoms with Gasteiger partial charge in [0.15, 0.2) is 0 Å². The van der Waals surface area contributed by atoms with Gasteiger partial charge in [0.2, 0.25) is 0 Å². The monoisotopic (exact) mass is 215 g/mol. The number of ether oxygens (including phenoxy) is 1. The van der Waals surface area contributed by atoms with Gasteiger partial charge in [-0.05, 0) is 43.9 Å². The first-order chi connectivity index (χ1) is 7.78. The van der Waals surface area contributed by atoms with E-state index in [1.54, 1.807) is 7.11 Å². The molecule has 0 radical (unpaired) electrons. The lowest BCUT2D eigenvalue weighted by molar-refractivity contribution is 0.415. The molecule has 1 aromatic heterocycles. The van der Waals surface area contributed by atoms with Crippen LogP contribution < -0.4 is 4.74 Å². The van der Waals surface area contributed by atoms with Crippen molar-refractivity contribution in [3.05, 3.63) is 30.0 Å². The Bertz CT molecular complexity index is 523. The molecule has 2 aromatic rings. The summed E-state index contributed by atoms with van der Waals surface area (Å²) in [5.74, 6) is 1.85. The fraction of sp³-hybridized carbons (Fsp3) is 0.429. The first kappa shape index (κ1) is 9.76. The number of fused-ring (bicyclic) bond motifs is 1. The van der Waals surface area contributed by atoms with E-state index in [9.17, 15) is 0 Å². The molecule has 16 heavy (non-hydrogen) atoms. The third-order valence-corrected chi connectivity index (χ3v) is 3.46. The Morgan fingerprint density at radius 3 is 2.81 bits per heavy atom. The summed E-state index contributed by atoms with van der Waals surface area (Å²) in [5.41, 5.74) is 2.67.